The van der Waals surface area contributed by atoms with E-state index in [1.807, 2.05) is 0 Å². The first-order valence-electron chi connectivity index (χ1n) is 7.31. The van der Waals surface area contributed by atoms with E-state index in [1.54, 1.807) is 0 Å². The molecule has 0 aromatic carbocycles. The van der Waals surface area contributed by atoms with Crippen LogP contribution in [0.5, 0.6) is 0 Å². The van der Waals surface area contributed by atoms with Crippen LogP contribution in [0.1, 0.15) is 51.9 Å². The van der Waals surface area contributed by atoms with Crippen LogP contribution >= 0.6 is 0 Å². The fourth-order valence-corrected chi connectivity index (χ4v) is 3.33. The molecule has 1 fully saturated rings. The minimum atomic E-state index is -3.45. The summed E-state index contributed by atoms with van der Waals surface area (Å²) in [5.74, 6) is 1.75. The summed E-state index contributed by atoms with van der Waals surface area (Å²) in [5.41, 5.74) is 0. The molecule has 0 bridgehead atoms. The van der Waals surface area contributed by atoms with Gasteiger partial charge in [-0.3, -0.25) is 8.74 Å². The van der Waals surface area contributed by atoms with Gasteiger partial charge < -0.3 is 5.32 Å². The van der Waals surface area contributed by atoms with Crippen LogP contribution in [-0.2, 0) is 24.4 Å². The third-order valence-electron chi connectivity index (χ3n) is 3.98. The number of rotatable bonds is 9. The molecule has 0 spiro atoms. The van der Waals surface area contributed by atoms with Crippen LogP contribution in [0.25, 0.3) is 0 Å². The summed E-state index contributed by atoms with van der Waals surface area (Å²) < 4.78 is 24.0. The Hall–Kier alpha value is 0.250. The lowest BCUT2D eigenvalue weighted by atomic mass is 9.79. The third-order valence-corrected chi connectivity index (χ3v) is 4.73. The smallest absolute Gasteiger partial charge is 0.266 e. The molecule has 2 N–H and O–H groups in total. The van der Waals surface area contributed by atoms with Gasteiger partial charge in [0.1, 0.15) is 0 Å². The van der Waals surface area contributed by atoms with Gasteiger partial charge in [-0.1, -0.05) is 39.0 Å². The summed E-state index contributed by atoms with van der Waals surface area (Å²) in [4.78, 5) is 0. The molecule has 1 rings (SSSR count). The summed E-state index contributed by atoms with van der Waals surface area (Å²) in [6.07, 6.45) is 9.47. The molecule has 0 heterocycles. The van der Waals surface area contributed by atoms with E-state index in [4.69, 9.17) is 4.55 Å². The zero-order chi connectivity index (χ0) is 14.1. The van der Waals surface area contributed by atoms with Gasteiger partial charge in [-0.15, -0.1) is 0 Å². The molecule has 1 aliphatic carbocycles. The molecular weight excluding hydrogens is 282 g/mol. The lowest BCUT2D eigenvalue weighted by molar-refractivity contribution is 0.247. The quantitative estimate of drug-likeness (QED) is 0.641. The van der Waals surface area contributed by atoms with Gasteiger partial charge in [-0.05, 0) is 31.2 Å². The lowest BCUT2D eigenvalue weighted by Gasteiger charge is -2.27. The van der Waals surface area contributed by atoms with Crippen LogP contribution in [0.15, 0.2) is 0 Å². The second-order valence-electron chi connectivity index (χ2n) is 5.52. The molecule has 6 heteroatoms. The van der Waals surface area contributed by atoms with Gasteiger partial charge in [0.05, 0.1) is 6.61 Å². The van der Waals surface area contributed by atoms with E-state index in [0.29, 0.717) is 6.54 Å². The molecule has 114 valence electrons. The van der Waals surface area contributed by atoms with E-state index in [9.17, 15) is 4.21 Å². The molecule has 1 aliphatic rings. The highest BCUT2D eigenvalue weighted by Crippen LogP contribution is 2.31. The van der Waals surface area contributed by atoms with Crippen molar-refractivity contribution in [3.63, 3.8) is 0 Å². The first-order valence-corrected chi connectivity index (χ1v) is 9.68. The zero-order valence-electron chi connectivity index (χ0n) is 11.8. The Bertz CT molecular complexity index is 327. The van der Waals surface area contributed by atoms with Gasteiger partial charge in [0.15, 0.2) is 0 Å². The molecule has 0 aromatic heterocycles. The molecule has 1 saturated carbocycles. The van der Waals surface area contributed by atoms with Crippen LogP contribution in [-0.4, -0.2) is 28.5 Å². The van der Waals surface area contributed by atoms with Crippen molar-refractivity contribution in [2.24, 2.45) is 11.8 Å². The minimum Gasteiger partial charge on any atom is -0.314 e. The topological polar surface area (TPSA) is 58.6 Å². The van der Waals surface area contributed by atoms with Gasteiger partial charge in [-0.25, -0.2) is 0 Å². The molecular formula is C13H27NO3S2. The summed E-state index contributed by atoms with van der Waals surface area (Å²) in [6.45, 7) is 4.07. The van der Waals surface area contributed by atoms with E-state index in [1.165, 1.54) is 38.5 Å². The largest absolute Gasteiger partial charge is 0.314 e. The van der Waals surface area contributed by atoms with Crippen LogP contribution < -0.4 is 5.32 Å². The van der Waals surface area contributed by atoms with Gasteiger partial charge >= 0.3 is 0 Å². The zero-order valence-corrected chi connectivity index (χ0v) is 13.4. The van der Waals surface area contributed by atoms with Crippen LogP contribution in [0.2, 0.25) is 0 Å². The van der Waals surface area contributed by atoms with Gasteiger partial charge in [0.2, 0.25) is 0 Å². The normalized spacial score (nSPS) is 22.0. The molecule has 19 heavy (non-hydrogen) atoms. The molecule has 0 saturated heterocycles. The average molecular weight is 309 g/mol. The molecule has 0 radical (unpaired) electrons. The monoisotopic (exact) mass is 309 g/mol. The Labute approximate surface area is 122 Å². The van der Waals surface area contributed by atoms with E-state index >= 15 is 0 Å². The van der Waals surface area contributed by atoms with Crippen LogP contribution in [0.4, 0.5) is 0 Å². The average Bonchev–Trinajstić information content (AvgIpc) is 2.37. The van der Waals surface area contributed by atoms with Gasteiger partial charge in [0.25, 0.3) is 9.05 Å². The lowest BCUT2D eigenvalue weighted by Crippen LogP contribution is -2.23. The number of nitrogens with one attached hydrogen (secondary N) is 1. The Kier molecular flexibility index (Phi) is 8.41. The van der Waals surface area contributed by atoms with Crippen LogP contribution in [0.3, 0.4) is 0 Å². The molecule has 0 aromatic rings. The highest BCUT2D eigenvalue weighted by atomic mass is 32.9. The first kappa shape index (κ1) is 17.3. The second-order valence-corrected chi connectivity index (χ2v) is 7.87. The van der Waals surface area contributed by atoms with Gasteiger partial charge in [-0.2, -0.15) is 4.21 Å². The maximum absolute atomic E-state index is 10.7. The Balaban J connectivity index is 1.95. The molecule has 0 amide bonds. The molecule has 0 aliphatic heterocycles. The predicted octanol–water partition coefficient (Wildman–Crippen LogP) is 2.72. The minimum absolute atomic E-state index is 0.191. The van der Waals surface area contributed by atoms with Crippen molar-refractivity contribution in [2.75, 3.05) is 19.7 Å². The van der Waals surface area contributed by atoms with Crippen molar-refractivity contribution in [1.82, 2.24) is 5.32 Å². The fraction of sp³-hybridized carbons (Fsp3) is 1.00. The molecule has 2 atom stereocenters. The van der Waals surface area contributed by atoms with Crippen molar-refractivity contribution in [1.29, 1.82) is 0 Å². The summed E-state index contributed by atoms with van der Waals surface area (Å²) in [7, 11) is -3.45. The van der Waals surface area contributed by atoms with Crippen molar-refractivity contribution < 1.29 is 12.9 Å². The summed E-state index contributed by atoms with van der Waals surface area (Å²) in [6, 6.07) is 0. The fourth-order valence-electron chi connectivity index (χ4n) is 2.83. The second kappa shape index (κ2) is 9.23. The predicted molar refractivity (Wildman–Crippen MR) is 81.9 cm³/mol. The first-order chi connectivity index (χ1) is 8.99. The Morgan fingerprint density at radius 2 is 2.05 bits per heavy atom. The van der Waals surface area contributed by atoms with Crippen LogP contribution in [0, 0.1) is 11.8 Å². The maximum Gasteiger partial charge on any atom is 0.266 e. The van der Waals surface area contributed by atoms with Crippen molar-refractivity contribution in [3.05, 3.63) is 0 Å². The number of hydrogen-bond acceptors (Lipinski definition) is 4. The highest BCUT2D eigenvalue weighted by Gasteiger charge is 2.19. The summed E-state index contributed by atoms with van der Waals surface area (Å²) in [5, 5.41) is 3.21. The molecule has 1 unspecified atom stereocenters. The maximum atomic E-state index is 10.7. The SMILES string of the molecule is C[C@@H](CCCNCCOS(=O)(O)=S)C1CCCCC1. The standard InChI is InChI=1S/C13H27NO3S2/c1-12(13-7-3-2-4-8-13)6-5-9-14-10-11-17-19(15,16)18/h12-14H,2-11H2,1H3,(H,15,16,18)/t12-/m0/s1. The van der Waals surface area contributed by atoms with Gasteiger partial charge in [0, 0.05) is 17.7 Å². The van der Waals surface area contributed by atoms with Crippen molar-refractivity contribution in [2.45, 2.75) is 51.9 Å². The van der Waals surface area contributed by atoms with E-state index in [0.717, 1.165) is 24.8 Å². The van der Waals surface area contributed by atoms with E-state index < -0.39 is 9.05 Å². The van der Waals surface area contributed by atoms with Crippen molar-refractivity contribution >= 4 is 20.2 Å². The van der Waals surface area contributed by atoms with E-state index in [-0.39, 0.29) is 6.61 Å². The highest BCUT2D eigenvalue weighted by molar-refractivity contribution is 8.27. The Morgan fingerprint density at radius 1 is 1.37 bits per heavy atom. The molecule has 4 nitrogen and oxygen atoms in total. The number of hydrogen-bond donors (Lipinski definition) is 2. The van der Waals surface area contributed by atoms with Crippen molar-refractivity contribution in [3.8, 4) is 0 Å². The Morgan fingerprint density at radius 3 is 2.68 bits per heavy atom. The summed E-state index contributed by atoms with van der Waals surface area (Å²) >= 11 is 4.23. The third kappa shape index (κ3) is 8.92. The van der Waals surface area contributed by atoms with E-state index in [2.05, 4.69) is 27.6 Å².